The summed E-state index contributed by atoms with van der Waals surface area (Å²) in [7, 11) is 0. The van der Waals surface area contributed by atoms with Crippen molar-refractivity contribution in [3.63, 3.8) is 0 Å². The maximum absolute atomic E-state index is 12.5. The minimum absolute atomic E-state index is 0.0446. The second kappa shape index (κ2) is 6.58. The number of ether oxygens (including phenoxy) is 1. The zero-order chi connectivity index (χ0) is 17.4. The first-order valence-corrected chi connectivity index (χ1v) is 9.77. The van der Waals surface area contributed by atoms with Gasteiger partial charge in [-0.05, 0) is 35.3 Å². The lowest BCUT2D eigenvalue weighted by Gasteiger charge is -2.45. The van der Waals surface area contributed by atoms with E-state index in [1.807, 2.05) is 42.5 Å². The van der Waals surface area contributed by atoms with E-state index in [1.165, 1.54) is 0 Å². The standard InChI is InChI=1S/C21H16Br2O2/c22-18-9-5-4-8-16(18)17-12-19-15(13-21(17,23)20(24)25-19)11-10-14-6-2-1-3-7-14/h1-11,13,17,19H,12H2/b11-10+/t17-,19+,21-/m1/s1. The highest BCUT2D eigenvalue weighted by Crippen LogP contribution is 2.52. The molecule has 1 aliphatic carbocycles. The molecule has 25 heavy (non-hydrogen) atoms. The topological polar surface area (TPSA) is 26.3 Å². The second-order valence-corrected chi connectivity index (χ2v) is 8.53. The molecule has 0 amide bonds. The van der Waals surface area contributed by atoms with Gasteiger partial charge in [-0.3, -0.25) is 4.79 Å². The molecule has 0 unspecified atom stereocenters. The van der Waals surface area contributed by atoms with Gasteiger partial charge in [-0.1, -0.05) is 92.5 Å². The van der Waals surface area contributed by atoms with Crippen molar-refractivity contribution >= 4 is 43.9 Å². The van der Waals surface area contributed by atoms with Gasteiger partial charge in [-0.15, -0.1) is 0 Å². The number of carbonyl (C=O) groups is 1. The van der Waals surface area contributed by atoms with Crippen LogP contribution >= 0.6 is 31.9 Å². The molecule has 3 atom stereocenters. The molecule has 2 bridgehead atoms. The molecule has 2 heterocycles. The largest absolute Gasteiger partial charge is 0.456 e. The third kappa shape index (κ3) is 3.02. The summed E-state index contributed by atoms with van der Waals surface area (Å²) in [6.07, 6.45) is 6.70. The van der Waals surface area contributed by atoms with Gasteiger partial charge in [0.05, 0.1) is 0 Å². The number of hydrogen-bond acceptors (Lipinski definition) is 2. The molecule has 126 valence electrons. The Hall–Kier alpha value is -1.65. The summed E-state index contributed by atoms with van der Waals surface area (Å²) < 4.78 is 5.86. The number of hydrogen-bond donors (Lipinski definition) is 0. The summed E-state index contributed by atoms with van der Waals surface area (Å²) in [5.74, 6) is -0.162. The molecule has 2 aromatic rings. The Morgan fingerprint density at radius 2 is 1.76 bits per heavy atom. The zero-order valence-electron chi connectivity index (χ0n) is 13.4. The Balaban J connectivity index is 1.70. The molecular weight excluding hydrogens is 444 g/mol. The van der Waals surface area contributed by atoms with Gasteiger partial charge >= 0.3 is 5.97 Å². The smallest absolute Gasteiger partial charge is 0.328 e. The van der Waals surface area contributed by atoms with E-state index < -0.39 is 4.32 Å². The fourth-order valence-corrected chi connectivity index (χ4v) is 4.87. The SMILES string of the molecule is O=C1O[C@H]2C[C@H](c3ccccc3Br)[C@]1(Br)C=C2/C=C/c1ccccc1. The minimum atomic E-state index is -0.817. The van der Waals surface area contributed by atoms with Crippen molar-refractivity contribution < 1.29 is 9.53 Å². The van der Waals surface area contributed by atoms with Crippen LogP contribution in [-0.2, 0) is 9.53 Å². The van der Waals surface area contributed by atoms with Crippen molar-refractivity contribution in [2.75, 3.05) is 0 Å². The van der Waals surface area contributed by atoms with Gasteiger partial charge in [0.15, 0.2) is 0 Å². The van der Waals surface area contributed by atoms with Crippen LogP contribution in [0.3, 0.4) is 0 Å². The Morgan fingerprint density at radius 1 is 1.04 bits per heavy atom. The van der Waals surface area contributed by atoms with Gasteiger partial charge in [0, 0.05) is 10.4 Å². The molecule has 0 aromatic heterocycles. The lowest BCUT2D eigenvalue weighted by molar-refractivity contribution is -0.156. The summed E-state index contributed by atoms with van der Waals surface area (Å²) >= 11 is 7.31. The van der Waals surface area contributed by atoms with Crippen LogP contribution in [-0.4, -0.2) is 16.4 Å². The lowest BCUT2D eigenvalue weighted by Crippen LogP contribution is -2.51. The first kappa shape index (κ1) is 16.8. The molecular formula is C21H16Br2O2. The number of halogens is 2. The molecule has 5 rings (SSSR count). The lowest BCUT2D eigenvalue weighted by atomic mass is 9.73. The Morgan fingerprint density at radius 3 is 2.52 bits per heavy atom. The number of alkyl halides is 1. The predicted octanol–water partition coefficient (Wildman–Crippen LogP) is 5.64. The monoisotopic (exact) mass is 458 g/mol. The molecule has 2 aromatic carbocycles. The first-order valence-electron chi connectivity index (χ1n) is 8.18. The Labute approximate surface area is 163 Å². The van der Waals surface area contributed by atoms with Gasteiger partial charge < -0.3 is 4.74 Å². The molecule has 1 saturated heterocycles. The van der Waals surface area contributed by atoms with E-state index in [0.29, 0.717) is 0 Å². The van der Waals surface area contributed by atoms with Crippen LogP contribution in [0.15, 0.2) is 76.8 Å². The average Bonchev–Trinajstić information content (AvgIpc) is 2.62. The van der Waals surface area contributed by atoms with Crippen LogP contribution in [0.2, 0.25) is 0 Å². The summed E-state index contributed by atoms with van der Waals surface area (Å²) in [5.41, 5.74) is 3.30. The van der Waals surface area contributed by atoms with Gasteiger partial charge in [0.1, 0.15) is 10.4 Å². The normalized spacial score (nSPS) is 28.1. The number of rotatable bonds is 3. The van der Waals surface area contributed by atoms with Crippen molar-refractivity contribution in [2.45, 2.75) is 22.8 Å². The molecule has 2 aliphatic heterocycles. The second-order valence-electron chi connectivity index (χ2n) is 6.36. The number of benzene rings is 2. The Kier molecular flexibility index (Phi) is 4.42. The van der Waals surface area contributed by atoms with Crippen molar-refractivity contribution in [3.8, 4) is 0 Å². The van der Waals surface area contributed by atoms with E-state index in [-0.39, 0.29) is 18.0 Å². The molecule has 0 N–H and O–H groups in total. The van der Waals surface area contributed by atoms with Gasteiger partial charge in [-0.2, -0.15) is 0 Å². The highest BCUT2D eigenvalue weighted by Gasteiger charge is 2.54. The Bertz CT molecular complexity index is 872. The maximum Gasteiger partial charge on any atom is 0.328 e. The number of esters is 1. The van der Waals surface area contributed by atoms with E-state index in [2.05, 4.69) is 62.2 Å². The predicted molar refractivity (Wildman–Crippen MR) is 107 cm³/mol. The van der Waals surface area contributed by atoms with E-state index >= 15 is 0 Å². The van der Waals surface area contributed by atoms with Crippen molar-refractivity contribution in [3.05, 3.63) is 87.9 Å². The highest BCUT2D eigenvalue weighted by molar-refractivity contribution is 9.10. The fourth-order valence-electron chi connectivity index (χ4n) is 3.52. The van der Waals surface area contributed by atoms with Crippen LogP contribution < -0.4 is 0 Å². The molecule has 2 nitrogen and oxygen atoms in total. The van der Waals surface area contributed by atoms with Gasteiger partial charge in [-0.25, -0.2) is 0 Å². The first-order chi connectivity index (χ1) is 12.1. The van der Waals surface area contributed by atoms with Crippen LogP contribution in [0, 0.1) is 0 Å². The summed E-state index contributed by atoms with van der Waals surface area (Å²) in [6, 6.07) is 18.2. The van der Waals surface area contributed by atoms with Gasteiger partial charge in [0.2, 0.25) is 0 Å². The zero-order valence-corrected chi connectivity index (χ0v) is 16.5. The van der Waals surface area contributed by atoms with E-state index in [9.17, 15) is 4.79 Å². The fraction of sp³-hybridized carbons (Fsp3) is 0.190. The molecule has 3 aliphatic rings. The van der Waals surface area contributed by atoms with Crippen LogP contribution in [0.5, 0.6) is 0 Å². The molecule has 1 fully saturated rings. The van der Waals surface area contributed by atoms with Crippen molar-refractivity contribution in [1.82, 2.24) is 0 Å². The minimum Gasteiger partial charge on any atom is -0.456 e. The molecule has 0 saturated carbocycles. The van der Waals surface area contributed by atoms with Crippen molar-refractivity contribution in [2.24, 2.45) is 0 Å². The van der Waals surface area contributed by atoms with E-state index in [4.69, 9.17) is 4.74 Å². The van der Waals surface area contributed by atoms with Crippen LogP contribution in [0.4, 0.5) is 0 Å². The highest BCUT2D eigenvalue weighted by atomic mass is 79.9. The maximum atomic E-state index is 12.5. The summed E-state index contributed by atoms with van der Waals surface area (Å²) in [5, 5.41) is 0. The van der Waals surface area contributed by atoms with E-state index in [1.54, 1.807) is 0 Å². The van der Waals surface area contributed by atoms with Crippen LogP contribution in [0.25, 0.3) is 6.08 Å². The van der Waals surface area contributed by atoms with E-state index in [0.717, 1.165) is 27.6 Å². The summed E-state index contributed by atoms with van der Waals surface area (Å²) in [4.78, 5) is 12.5. The average molecular weight is 460 g/mol. The number of carbonyl (C=O) groups excluding carboxylic acids is 1. The third-order valence-corrected chi connectivity index (χ3v) is 6.64. The van der Waals surface area contributed by atoms with Crippen LogP contribution in [0.1, 0.15) is 23.5 Å². The quantitative estimate of drug-likeness (QED) is 0.438. The molecule has 4 heteroatoms. The summed E-state index contributed by atoms with van der Waals surface area (Å²) in [6.45, 7) is 0. The number of fused-ring (bicyclic) bond motifs is 2. The molecule has 0 radical (unpaired) electrons. The third-order valence-electron chi connectivity index (χ3n) is 4.82. The van der Waals surface area contributed by atoms with Gasteiger partial charge in [0.25, 0.3) is 0 Å². The molecule has 0 spiro atoms. The van der Waals surface area contributed by atoms with Crippen molar-refractivity contribution in [1.29, 1.82) is 0 Å².